The Bertz CT molecular complexity index is 617. The van der Waals surface area contributed by atoms with Gasteiger partial charge < -0.3 is 5.32 Å². The van der Waals surface area contributed by atoms with Crippen LogP contribution in [0.15, 0.2) is 30.3 Å². The fraction of sp³-hybridized carbons (Fsp3) is 0.400. The number of rotatable bonds is 4. The average molecular weight is 281 g/mol. The summed E-state index contributed by atoms with van der Waals surface area (Å²) in [6.07, 6.45) is 0. The Morgan fingerprint density at radius 3 is 1.95 bits per heavy atom. The topological polar surface area (TPSA) is 12.0 Å². The van der Waals surface area contributed by atoms with E-state index >= 15 is 0 Å². The van der Waals surface area contributed by atoms with Crippen molar-refractivity contribution in [1.29, 1.82) is 0 Å². The molecule has 1 nitrogen and oxygen atoms in total. The van der Waals surface area contributed by atoms with Gasteiger partial charge in [0.1, 0.15) is 0 Å². The third-order valence-corrected chi connectivity index (χ3v) is 4.30. The number of nitrogens with one attached hydrogen (secondary N) is 1. The zero-order valence-electron chi connectivity index (χ0n) is 14.2. The van der Waals surface area contributed by atoms with E-state index in [1.165, 1.54) is 38.9 Å². The average Bonchev–Trinajstić information content (AvgIpc) is 2.40. The highest BCUT2D eigenvalue weighted by Crippen LogP contribution is 2.29. The van der Waals surface area contributed by atoms with Gasteiger partial charge in [-0.25, -0.2) is 0 Å². The van der Waals surface area contributed by atoms with Crippen molar-refractivity contribution in [1.82, 2.24) is 5.32 Å². The van der Waals surface area contributed by atoms with Gasteiger partial charge >= 0.3 is 0 Å². The maximum atomic E-state index is 3.66. The maximum Gasteiger partial charge on any atom is 0.0581 e. The fourth-order valence-electron chi connectivity index (χ4n) is 3.18. The van der Waals surface area contributed by atoms with Crippen LogP contribution < -0.4 is 5.32 Å². The highest BCUT2D eigenvalue weighted by atomic mass is 14.9. The van der Waals surface area contributed by atoms with Crippen LogP contribution in [0.4, 0.5) is 0 Å². The quantitative estimate of drug-likeness (QED) is 0.838. The SMILES string of the molecule is CCNC(c1ccc(C)c(C)c1)c1c(C)cc(C)cc1C. The summed E-state index contributed by atoms with van der Waals surface area (Å²) in [4.78, 5) is 0. The predicted octanol–water partition coefficient (Wildman–Crippen LogP) is 4.93. The first-order chi connectivity index (χ1) is 9.93. The van der Waals surface area contributed by atoms with Crippen LogP contribution in [0.1, 0.15) is 51.9 Å². The van der Waals surface area contributed by atoms with Crippen LogP contribution in [0.2, 0.25) is 0 Å². The summed E-state index contributed by atoms with van der Waals surface area (Å²) < 4.78 is 0. The van der Waals surface area contributed by atoms with Crippen molar-refractivity contribution in [2.45, 2.75) is 47.6 Å². The lowest BCUT2D eigenvalue weighted by molar-refractivity contribution is 0.624. The van der Waals surface area contributed by atoms with Crippen LogP contribution in [-0.2, 0) is 0 Å². The molecule has 0 amide bonds. The third-order valence-electron chi connectivity index (χ3n) is 4.30. The van der Waals surface area contributed by atoms with Crippen LogP contribution >= 0.6 is 0 Å². The second kappa shape index (κ2) is 6.44. The van der Waals surface area contributed by atoms with Crippen molar-refractivity contribution in [3.63, 3.8) is 0 Å². The fourth-order valence-corrected chi connectivity index (χ4v) is 3.18. The van der Waals surface area contributed by atoms with Gasteiger partial charge in [-0.15, -0.1) is 0 Å². The first-order valence-electron chi connectivity index (χ1n) is 7.82. The molecule has 112 valence electrons. The molecule has 2 aromatic rings. The lowest BCUT2D eigenvalue weighted by atomic mass is 9.89. The van der Waals surface area contributed by atoms with E-state index < -0.39 is 0 Å². The van der Waals surface area contributed by atoms with Gasteiger partial charge in [0.2, 0.25) is 0 Å². The molecule has 0 radical (unpaired) electrons. The molecule has 0 fully saturated rings. The maximum absolute atomic E-state index is 3.66. The Morgan fingerprint density at radius 1 is 0.810 bits per heavy atom. The Kier molecular flexibility index (Phi) is 4.84. The summed E-state index contributed by atoms with van der Waals surface area (Å²) in [6, 6.07) is 11.7. The van der Waals surface area contributed by atoms with E-state index in [1.54, 1.807) is 0 Å². The number of aryl methyl sites for hydroxylation is 5. The summed E-state index contributed by atoms with van der Waals surface area (Å²) in [7, 11) is 0. The van der Waals surface area contributed by atoms with E-state index in [9.17, 15) is 0 Å². The largest absolute Gasteiger partial charge is 0.307 e. The van der Waals surface area contributed by atoms with Crippen molar-refractivity contribution >= 4 is 0 Å². The van der Waals surface area contributed by atoms with Crippen molar-refractivity contribution in [2.75, 3.05) is 6.54 Å². The highest BCUT2D eigenvalue weighted by Gasteiger charge is 2.18. The molecule has 21 heavy (non-hydrogen) atoms. The van der Waals surface area contributed by atoms with E-state index in [1.807, 2.05) is 0 Å². The van der Waals surface area contributed by atoms with Gasteiger partial charge in [0.15, 0.2) is 0 Å². The molecule has 0 bridgehead atoms. The zero-order chi connectivity index (χ0) is 15.6. The van der Waals surface area contributed by atoms with Crippen molar-refractivity contribution < 1.29 is 0 Å². The molecule has 2 rings (SSSR count). The molecular weight excluding hydrogens is 254 g/mol. The van der Waals surface area contributed by atoms with Crippen LogP contribution in [0.25, 0.3) is 0 Å². The number of hydrogen-bond acceptors (Lipinski definition) is 1. The van der Waals surface area contributed by atoms with Gasteiger partial charge in [-0.3, -0.25) is 0 Å². The first-order valence-corrected chi connectivity index (χ1v) is 7.82. The molecule has 0 aliphatic rings. The van der Waals surface area contributed by atoms with Crippen molar-refractivity contribution in [2.24, 2.45) is 0 Å². The molecule has 0 aliphatic heterocycles. The van der Waals surface area contributed by atoms with Crippen LogP contribution in [0, 0.1) is 34.6 Å². The van der Waals surface area contributed by atoms with Crippen molar-refractivity contribution in [3.05, 3.63) is 69.3 Å². The van der Waals surface area contributed by atoms with Crippen LogP contribution in [-0.4, -0.2) is 6.54 Å². The Balaban J connectivity index is 2.55. The van der Waals surface area contributed by atoms with E-state index in [4.69, 9.17) is 0 Å². The highest BCUT2D eigenvalue weighted by molar-refractivity contribution is 5.45. The van der Waals surface area contributed by atoms with Gasteiger partial charge in [0, 0.05) is 0 Å². The molecule has 0 saturated heterocycles. The summed E-state index contributed by atoms with van der Waals surface area (Å²) >= 11 is 0. The lowest BCUT2D eigenvalue weighted by Gasteiger charge is -2.24. The Hall–Kier alpha value is -1.60. The normalized spacial score (nSPS) is 12.5. The summed E-state index contributed by atoms with van der Waals surface area (Å²) in [5.41, 5.74) is 9.57. The van der Waals surface area contributed by atoms with Gasteiger partial charge in [-0.1, -0.05) is 42.8 Å². The minimum Gasteiger partial charge on any atom is -0.307 e. The molecule has 0 aliphatic carbocycles. The Labute approximate surface area is 129 Å². The third kappa shape index (κ3) is 3.36. The monoisotopic (exact) mass is 281 g/mol. The molecule has 1 atom stereocenters. The lowest BCUT2D eigenvalue weighted by Crippen LogP contribution is -2.24. The second-order valence-electron chi connectivity index (χ2n) is 6.15. The summed E-state index contributed by atoms with van der Waals surface area (Å²) in [5, 5.41) is 3.66. The van der Waals surface area contributed by atoms with Crippen molar-refractivity contribution in [3.8, 4) is 0 Å². The van der Waals surface area contributed by atoms with E-state index in [-0.39, 0.29) is 6.04 Å². The van der Waals surface area contributed by atoms with Gasteiger partial charge in [-0.2, -0.15) is 0 Å². The molecular formula is C20H27N. The van der Waals surface area contributed by atoms with Gasteiger partial charge in [0.25, 0.3) is 0 Å². The molecule has 0 spiro atoms. The molecule has 1 heteroatoms. The summed E-state index contributed by atoms with van der Waals surface area (Å²) in [5.74, 6) is 0. The first kappa shape index (κ1) is 15.8. The minimum absolute atomic E-state index is 0.273. The smallest absolute Gasteiger partial charge is 0.0581 e. The van der Waals surface area contributed by atoms with E-state index in [2.05, 4.69) is 77.2 Å². The number of hydrogen-bond donors (Lipinski definition) is 1. The van der Waals surface area contributed by atoms with E-state index in [0.29, 0.717) is 0 Å². The molecule has 1 N–H and O–H groups in total. The standard InChI is InChI=1S/C20H27N/c1-7-21-20(18-9-8-14(3)15(4)12-18)19-16(5)10-13(2)11-17(19)6/h8-12,20-21H,7H2,1-6H3. The van der Waals surface area contributed by atoms with Gasteiger partial charge in [-0.05, 0) is 74.5 Å². The van der Waals surface area contributed by atoms with E-state index in [0.717, 1.165) is 6.54 Å². The minimum atomic E-state index is 0.273. The summed E-state index contributed by atoms with van der Waals surface area (Å²) in [6.45, 7) is 14.1. The molecule has 0 saturated carbocycles. The molecule has 0 aromatic heterocycles. The molecule has 2 aromatic carbocycles. The zero-order valence-corrected chi connectivity index (χ0v) is 14.2. The molecule has 0 heterocycles. The Morgan fingerprint density at radius 2 is 1.43 bits per heavy atom. The van der Waals surface area contributed by atoms with Crippen LogP contribution in [0.3, 0.4) is 0 Å². The van der Waals surface area contributed by atoms with Gasteiger partial charge in [0.05, 0.1) is 6.04 Å². The second-order valence-corrected chi connectivity index (χ2v) is 6.15. The van der Waals surface area contributed by atoms with Crippen LogP contribution in [0.5, 0.6) is 0 Å². The number of benzene rings is 2. The predicted molar refractivity (Wildman–Crippen MR) is 92.1 cm³/mol. The molecule has 1 unspecified atom stereocenters.